The number of fused-ring (bicyclic) bond motifs is 1. The van der Waals surface area contributed by atoms with E-state index in [2.05, 4.69) is 15.3 Å². The van der Waals surface area contributed by atoms with Gasteiger partial charge in [0.25, 0.3) is 5.91 Å². The summed E-state index contributed by atoms with van der Waals surface area (Å²) in [6.07, 6.45) is 8.28. The number of carbonyl (C=O) groups is 1. The Bertz CT molecular complexity index is 853. The highest BCUT2D eigenvalue weighted by Crippen LogP contribution is 2.59. The summed E-state index contributed by atoms with van der Waals surface area (Å²) in [6, 6.07) is 5.67. The zero-order valence-corrected chi connectivity index (χ0v) is 15.7. The van der Waals surface area contributed by atoms with Crippen molar-refractivity contribution in [2.45, 2.75) is 52.4 Å². The Morgan fingerprint density at radius 3 is 2.19 bits per heavy atom. The summed E-state index contributed by atoms with van der Waals surface area (Å²) in [7, 11) is 0. The molecule has 2 aromatic rings. The van der Waals surface area contributed by atoms with Crippen LogP contribution in [-0.4, -0.2) is 22.4 Å². The first-order valence-corrected chi connectivity index (χ1v) is 10.0. The molecule has 1 amide bonds. The average Bonchev–Trinajstić information content (AvgIpc) is 2.59. The molecule has 0 radical (unpaired) electrons. The van der Waals surface area contributed by atoms with Crippen LogP contribution in [0.2, 0.25) is 0 Å². The van der Waals surface area contributed by atoms with Crippen LogP contribution in [0.3, 0.4) is 0 Å². The van der Waals surface area contributed by atoms with Crippen molar-refractivity contribution in [2.75, 3.05) is 6.54 Å². The number of hydrogen-bond acceptors (Lipinski definition) is 3. The molecule has 0 unspecified atom stereocenters. The molecule has 1 aromatic heterocycles. The first kappa shape index (κ1) is 16.2. The van der Waals surface area contributed by atoms with Crippen LogP contribution in [-0.2, 0) is 0 Å². The molecular weight excluding hydrogens is 322 g/mol. The van der Waals surface area contributed by atoms with E-state index in [1.165, 1.54) is 38.5 Å². The van der Waals surface area contributed by atoms with E-state index < -0.39 is 0 Å². The van der Waals surface area contributed by atoms with E-state index in [-0.39, 0.29) is 5.91 Å². The third kappa shape index (κ3) is 2.70. The van der Waals surface area contributed by atoms with Crippen LogP contribution in [0.5, 0.6) is 0 Å². The summed E-state index contributed by atoms with van der Waals surface area (Å²) >= 11 is 0. The predicted octanol–water partition coefficient (Wildman–Crippen LogP) is 4.19. The maximum absolute atomic E-state index is 12.8. The van der Waals surface area contributed by atoms with Gasteiger partial charge in [0.05, 0.1) is 22.4 Å². The highest BCUT2D eigenvalue weighted by atomic mass is 16.1. The standard InChI is InChI=1S/C22H27N3O/c1-13-14(2)25-20-8-18(3-4-19(20)24-13)21(26)23-12-22-9-15-5-16(10-22)7-17(6-15)11-22/h3-4,8,15-17H,5-7,9-12H2,1-2H3,(H,23,26). The van der Waals surface area contributed by atoms with E-state index in [0.717, 1.165) is 46.7 Å². The minimum absolute atomic E-state index is 0.0303. The van der Waals surface area contributed by atoms with Crippen LogP contribution >= 0.6 is 0 Å². The van der Waals surface area contributed by atoms with Crippen LogP contribution < -0.4 is 5.32 Å². The van der Waals surface area contributed by atoms with Crippen LogP contribution in [0.25, 0.3) is 11.0 Å². The van der Waals surface area contributed by atoms with Crippen LogP contribution in [0.1, 0.15) is 60.3 Å². The van der Waals surface area contributed by atoms with E-state index in [1.807, 2.05) is 32.0 Å². The van der Waals surface area contributed by atoms with E-state index >= 15 is 0 Å². The normalized spacial score (nSPS) is 32.2. The minimum Gasteiger partial charge on any atom is -0.351 e. The third-order valence-corrected chi connectivity index (χ3v) is 7.13. The molecule has 0 saturated heterocycles. The van der Waals surface area contributed by atoms with E-state index in [4.69, 9.17) is 0 Å². The zero-order chi connectivity index (χ0) is 17.9. The number of aromatic nitrogens is 2. The summed E-state index contributed by atoms with van der Waals surface area (Å²) < 4.78 is 0. The second-order valence-corrected chi connectivity index (χ2v) is 9.20. The van der Waals surface area contributed by atoms with Crippen molar-refractivity contribution < 1.29 is 4.79 Å². The van der Waals surface area contributed by atoms with Crippen molar-refractivity contribution in [1.29, 1.82) is 0 Å². The molecular formula is C22H27N3O. The molecule has 136 valence electrons. The molecule has 26 heavy (non-hydrogen) atoms. The van der Waals surface area contributed by atoms with Gasteiger partial charge >= 0.3 is 0 Å². The summed E-state index contributed by atoms with van der Waals surface area (Å²) in [5.74, 6) is 2.78. The zero-order valence-electron chi connectivity index (χ0n) is 15.7. The van der Waals surface area contributed by atoms with Gasteiger partial charge in [-0.15, -0.1) is 0 Å². The maximum atomic E-state index is 12.8. The quantitative estimate of drug-likeness (QED) is 0.904. The number of hydrogen-bond donors (Lipinski definition) is 1. The van der Waals surface area contributed by atoms with Gasteiger partial charge in [0.2, 0.25) is 0 Å². The lowest BCUT2D eigenvalue weighted by molar-refractivity contribution is -0.0503. The van der Waals surface area contributed by atoms with E-state index in [0.29, 0.717) is 11.0 Å². The van der Waals surface area contributed by atoms with E-state index in [9.17, 15) is 4.79 Å². The molecule has 4 bridgehead atoms. The highest BCUT2D eigenvalue weighted by molar-refractivity contribution is 5.97. The lowest BCUT2D eigenvalue weighted by atomic mass is 9.49. The SMILES string of the molecule is Cc1nc2ccc(C(=O)NCC34CC5CC(CC(C5)C3)C4)cc2nc1C. The number of benzene rings is 1. The van der Waals surface area contributed by atoms with Crippen molar-refractivity contribution >= 4 is 16.9 Å². The van der Waals surface area contributed by atoms with Crippen molar-refractivity contribution in [3.05, 3.63) is 35.2 Å². The number of carbonyl (C=O) groups excluding carboxylic acids is 1. The van der Waals surface area contributed by atoms with Crippen molar-refractivity contribution in [3.8, 4) is 0 Å². The Labute approximate surface area is 154 Å². The Morgan fingerprint density at radius 2 is 1.58 bits per heavy atom. The second-order valence-electron chi connectivity index (χ2n) is 9.20. The van der Waals surface area contributed by atoms with Gasteiger partial charge in [0, 0.05) is 12.1 Å². The maximum Gasteiger partial charge on any atom is 0.251 e. The topological polar surface area (TPSA) is 54.9 Å². The summed E-state index contributed by atoms with van der Waals surface area (Å²) in [5.41, 5.74) is 4.58. The summed E-state index contributed by atoms with van der Waals surface area (Å²) in [6.45, 7) is 4.77. The Balaban J connectivity index is 1.33. The van der Waals surface area contributed by atoms with Gasteiger partial charge in [-0.25, -0.2) is 9.97 Å². The summed E-state index contributed by atoms with van der Waals surface area (Å²) in [4.78, 5) is 21.9. The van der Waals surface area contributed by atoms with Crippen LogP contribution in [0.4, 0.5) is 0 Å². The Morgan fingerprint density at radius 1 is 1.00 bits per heavy atom. The number of aryl methyl sites for hydroxylation is 2. The highest BCUT2D eigenvalue weighted by Gasteiger charge is 2.50. The lowest BCUT2D eigenvalue weighted by Crippen LogP contribution is -2.51. The number of nitrogens with zero attached hydrogens (tertiary/aromatic N) is 2. The number of nitrogens with one attached hydrogen (secondary N) is 1. The first-order chi connectivity index (χ1) is 12.5. The fourth-order valence-corrected chi connectivity index (χ4v) is 6.25. The van der Waals surface area contributed by atoms with Gasteiger partial charge in [-0.05, 0) is 93.7 Å². The molecule has 4 aliphatic rings. The average molecular weight is 349 g/mol. The number of rotatable bonds is 3. The van der Waals surface area contributed by atoms with Gasteiger partial charge in [-0.3, -0.25) is 4.79 Å². The van der Waals surface area contributed by atoms with Crippen LogP contribution in [0.15, 0.2) is 18.2 Å². The lowest BCUT2D eigenvalue weighted by Gasteiger charge is -2.56. The molecule has 4 aliphatic carbocycles. The van der Waals surface area contributed by atoms with Gasteiger partial charge in [-0.2, -0.15) is 0 Å². The molecule has 1 aromatic carbocycles. The fourth-order valence-electron chi connectivity index (χ4n) is 6.25. The molecule has 0 aliphatic heterocycles. The third-order valence-electron chi connectivity index (χ3n) is 7.13. The van der Waals surface area contributed by atoms with Crippen LogP contribution in [0, 0.1) is 37.0 Å². The molecule has 4 fully saturated rings. The molecule has 1 heterocycles. The Kier molecular flexibility index (Phi) is 3.60. The van der Waals surface area contributed by atoms with E-state index in [1.54, 1.807) is 0 Å². The molecule has 1 N–H and O–H groups in total. The molecule has 4 heteroatoms. The number of amides is 1. The van der Waals surface area contributed by atoms with Gasteiger partial charge < -0.3 is 5.32 Å². The Hall–Kier alpha value is -1.97. The van der Waals surface area contributed by atoms with Gasteiger partial charge in [-0.1, -0.05) is 0 Å². The van der Waals surface area contributed by atoms with Crippen molar-refractivity contribution in [1.82, 2.24) is 15.3 Å². The summed E-state index contributed by atoms with van der Waals surface area (Å²) in [5, 5.41) is 3.26. The minimum atomic E-state index is 0.0303. The van der Waals surface area contributed by atoms with Crippen molar-refractivity contribution in [3.63, 3.8) is 0 Å². The molecule has 0 atom stereocenters. The first-order valence-electron chi connectivity index (χ1n) is 10.0. The monoisotopic (exact) mass is 349 g/mol. The smallest absolute Gasteiger partial charge is 0.251 e. The molecule has 4 saturated carbocycles. The molecule has 6 rings (SSSR count). The fraction of sp³-hybridized carbons (Fsp3) is 0.591. The predicted molar refractivity (Wildman–Crippen MR) is 102 cm³/mol. The molecule has 4 nitrogen and oxygen atoms in total. The second kappa shape index (κ2) is 5.77. The van der Waals surface area contributed by atoms with Gasteiger partial charge in [0.15, 0.2) is 0 Å². The van der Waals surface area contributed by atoms with Gasteiger partial charge in [0.1, 0.15) is 0 Å². The largest absolute Gasteiger partial charge is 0.351 e. The van der Waals surface area contributed by atoms with Crippen molar-refractivity contribution in [2.24, 2.45) is 23.2 Å². The molecule has 0 spiro atoms.